The average molecular weight is 213 g/mol. The van der Waals surface area contributed by atoms with Crippen LogP contribution in [-0.4, -0.2) is 60.9 Å². The maximum absolute atomic E-state index is 9.87. The Bertz CT molecular complexity index is 206. The summed E-state index contributed by atoms with van der Waals surface area (Å²) in [7, 11) is 0. The highest BCUT2D eigenvalue weighted by molar-refractivity contribution is 4.94. The lowest BCUT2D eigenvalue weighted by Crippen LogP contribution is -2.64. The van der Waals surface area contributed by atoms with E-state index < -0.39 is 5.60 Å². The average Bonchev–Trinajstić information content (AvgIpc) is 2.63. The first-order valence-electron chi connectivity index (χ1n) is 6.11. The van der Waals surface area contributed by atoms with Crippen molar-refractivity contribution in [2.24, 2.45) is 0 Å². The quantitative estimate of drug-likeness (QED) is 0.570. The van der Waals surface area contributed by atoms with Crippen LogP contribution in [0.5, 0.6) is 0 Å². The van der Waals surface area contributed by atoms with E-state index in [0.717, 1.165) is 32.7 Å². The highest BCUT2D eigenvalue weighted by Crippen LogP contribution is 2.16. The van der Waals surface area contributed by atoms with Gasteiger partial charge in [0.1, 0.15) is 5.60 Å². The van der Waals surface area contributed by atoms with Crippen molar-refractivity contribution < 1.29 is 5.11 Å². The van der Waals surface area contributed by atoms with Gasteiger partial charge in [-0.25, -0.2) is 0 Å². The molecule has 2 fully saturated rings. The van der Waals surface area contributed by atoms with E-state index in [1.54, 1.807) is 0 Å². The fraction of sp³-hybridized carbons (Fsp3) is 1.00. The molecule has 1 atom stereocenters. The fourth-order valence-electron chi connectivity index (χ4n) is 2.55. The summed E-state index contributed by atoms with van der Waals surface area (Å²) < 4.78 is 0. The predicted molar refractivity (Wildman–Crippen MR) is 61.0 cm³/mol. The molecule has 15 heavy (non-hydrogen) atoms. The van der Waals surface area contributed by atoms with Crippen molar-refractivity contribution in [3.05, 3.63) is 0 Å². The van der Waals surface area contributed by atoms with Gasteiger partial charge in [0.15, 0.2) is 0 Å². The molecule has 2 aliphatic heterocycles. The molecule has 0 spiro atoms. The van der Waals surface area contributed by atoms with E-state index in [2.05, 4.69) is 22.5 Å². The molecule has 3 N–H and O–H groups in total. The molecule has 0 saturated carbocycles. The topological polar surface area (TPSA) is 47.5 Å². The minimum Gasteiger partial charge on any atom is -0.386 e. The van der Waals surface area contributed by atoms with E-state index in [1.807, 2.05) is 0 Å². The molecule has 2 aliphatic rings. The van der Waals surface area contributed by atoms with E-state index >= 15 is 0 Å². The largest absolute Gasteiger partial charge is 0.386 e. The van der Waals surface area contributed by atoms with Gasteiger partial charge in [0.25, 0.3) is 0 Å². The van der Waals surface area contributed by atoms with E-state index in [0.29, 0.717) is 6.04 Å². The second-order valence-corrected chi connectivity index (χ2v) is 4.88. The first-order valence-corrected chi connectivity index (χ1v) is 6.11. The molecule has 0 aromatic heterocycles. The van der Waals surface area contributed by atoms with Gasteiger partial charge in [0.05, 0.1) is 0 Å². The van der Waals surface area contributed by atoms with Crippen LogP contribution in [0.4, 0.5) is 0 Å². The third-order valence-electron chi connectivity index (χ3n) is 3.65. The lowest BCUT2D eigenvalue weighted by molar-refractivity contribution is -0.00915. The number of likely N-dealkylation sites (N-methyl/N-ethyl adjacent to an activating group) is 1. The maximum atomic E-state index is 9.87. The van der Waals surface area contributed by atoms with Crippen LogP contribution in [-0.2, 0) is 0 Å². The standard InChI is InChI=1S/C11H23N3O/c1-2-14-5-3-4-10(14)6-12-7-11(15)8-13-9-11/h10,12-13,15H,2-9H2,1H3. The summed E-state index contributed by atoms with van der Waals surface area (Å²) in [5.41, 5.74) is -0.477. The number of hydrogen-bond donors (Lipinski definition) is 3. The first-order chi connectivity index (χ1) is 7.23. The summed E-state index contributed by atoms with van der Waals surface area (Å²) in [5, 5.41) is 16.4. The highest BCUT2D eigenvalue weighted by Gasteiger charge is 2.34. The van der Waals surface area contributed by atoms with Crippen LogP contribution in [0.3, 0.4) is 0 Å². The highest BCUT2D eigenvalue weighted by atomic mass is 16.3. The van der Waals surface area contributed by atoms with Crippen LogP contribution in [0.2, 0.25) is 0 Å². The molecule has 0 radical (unpaired) electrons. The van der Waals surface area contributed by atoms with Gasteiger partial charge in [-0.15, -0.1) is 0 Å². The molecule has 4 nitrogen and oxygen atoms in total. The third kappa shape index (κ3) is 2.69. The summed E-state index contributed by atoms with van der Waals surface area (Å²) in [5.74, 6) is 0. The first kappa shape index (κ1) is 11.3. The van der Waals surface area contributed by atoms with Crippen molar-refractivity contribution in [3.8, 4) is 0 Å². The second kappa shape index (κ2) is 4.78. The minimum atomic E-state index is -0.477. The predicted octanol–water partition coefficient (Wildman–Crippen LogP) is -0.605. The molecule has 0 aromatic carbocycles. The van der Waals surface area contributed by atoms with Gasteiger partial charge < -0.3 is 15.7 Å². The molecule has 88 valence electrons. The summed E-state index contributed by atoms with van der Waals surface area (Å²) in [6, 6.07) is 0.687. The van der Waals surface area contributed by atoms with Crippen molar-refractivity contribution in [3.63, 3.8) is 0 Å². The molecular formula is C11H23N3O. The van der Waals surface area contributed by atoms with Gasteiger partial charge in [-0.2, -0.15) is 0 Å². The lowest BCUT2D eigenvalue weighted by atomic mass is 9.97. The van der Waals surface area contributed by atoms with Crippen molar-refractivity contribution in [2.75, 3.05) is 39.3 Å². The minimum absolute atomic E-state index is 0.477. The number of β-amino-alcohol motifs (C(OH)–C–C–N with tert-alkyl or cyclic N) is 1. The molecule has 4 heteroatoms. The van der Waals surface area contributed by atoms with Crippen LogP contribution in [0.15, 0.2) is 0 Å². The zero-order valence-electron chi connectivity index (χ0n) is 9.63. The molecular weight excluding hydrogens is 190 g/mol. The second-order valence-electron chi connectivity index (χ2n) is 4.88. The number of rotatable bonds is 5. The van der Waals surface area contributed by atoms with Crippen molar-refractivity contribution in [2.45, 2.75) is 31.4 Å². The SMILES string of the molecule is CCN1CCCC1CNCC1(O)CNC1. The van der Waals surface area contributed by atoms with Gasteiger partial charge in [-0.05, 0) is 25.9 Å². The van der Waals surface area contributed by atoms with Crippen molar-refractivity contribution >= 4 is 0 Å². The summed E-state index contributed by atoms with van der Waals surface area (Å²) in [4.78, 5) is 2.52. The number of aliphatic hydroxyl groups is 1. The summed E-state index contributed by atoms with van der Waals surface area (Å²) in [6.07, 6.45) is 2.63. The van der Waals surface area contributed by atoms with E-state index in [9.17, 15) is 5.11 Å². The molecule has 0 aliphatic carbocycles. The van der Waals surface area contributed by atoms with Gasteiger partial charge in [-0.3, -0.25) is 4.90 Å². The zero-order chi connectivity index (χ0) is 10.7. The smallest absolute Gasteiger partial charge is 0.102 e. The van der Waals surface area contributed by atoms with Crippen LogP contribution in [0.25, 0.3) is 0 Å². The number of nitrogens with zero attached hydrogens (tertiary/aromatic N) is 1. The number of nitrogens with one attached hydrogen (secondary N) is 2. The maximum Gasteiger partial charge on any atom is 0.102 e. The van der Waals surface area contributed by atoms with Crippen molar-refractivity contribution in [1.29, 1.82) is 0 Å². The molecule has 1 unspecified atom stereocenters. The van der Waals surface area contributed by atoms with E-state index in [-0.39, 0.29) is 0 Å². The number of likely N-dealkylation sites (tertiary alicyclic amines) is 1. The Morgan fingerprint density at radius 1 is 1.53 bits per heavy atom. The molecule has 2 rings (SSSR count). The monoisotopic (exact) mass is 213 g/mol. The van der Waals surface area contributed by atoms with E-state index in [1.165, 1.54) is 19.4 Å². The normalized spacial score (nSPS) is 30.4. The number of hydrogen-bond acceptors (Lipinski definition) is 4. The Labute approximate surface area is 92.0 Å². The Morgan fingerprint density at radius 3 is 2.93 bits per heavy atom. The Balaban J connectivity index is 1.64. The molecule has 0 aromatic rings. The third-order valence-corrected chi connectivity index (χ3v) is 3.65. The Hall–Kier alpha value is -0.160. The van der Waals surface area contributed by atoms with Gasteiger partial charge in [0, 0.05) is 32.2 Å². The Morgan fingerprint density at radius 2 is 2.33 bits per heavy atom. The van der Waals surface area contributed by atoms with Crippen LogP contribution >= 0.6 is 0 Å². The van der Waals surface area contributed by atoms with E-state index in [4.69, 9.17) is 0 Å². The molecule has 2 heterocycles. The summed E-state index contributed by atoms with van der Waals surface area (Å²) >= 11 is 0. The van der Waals surface area contributed by atoms with Crippen LogP contribution in [0, 0.1) is 0 Å². The summed E-state index contributed by atoms with van der Waals surface area (Å²) in [6.45, 7) is 7.85. The molecule has 0 amide bonds. The van der Waals surface area contributed by atoms with Gasteiger partial charge >= 0.3 is 0 Å². The van der Waals surface area contributed by atoms with Gasteiger partial charge in [-0.1, -0.05) is 6.92 Å². The van der Waals surface area contributed by atoms with Gasteiger partial charge in [0.2, 0.25) is 0 Å². The molecule has 0 bridgehead atoms. The fourth-order valence-corrected chi connectivity index (χ4v) is 2.55. The van der Waals surface area contributed by atoms with Crippen LogP contribution < -0.4 is 10.6 Å². The van der Waals surface area contributed by atoms with Crippen molar-refractivity contribution in [1.82, 2.24) is 15.5 Å². The Kier molecular flexibility index (Phi) is 3.61. The lowest BCUT2D eigenvalue weighted by Gasteiger charge is -2.38. The molecule has 2 saturated heterocycles. The zero-order valence-corrected chi connectivity index (χ0v) is 9.63. The van der Waals surface area contributed by atoms with Crippen LogP contribution in [0.1, 0.15) is 19.8 Å².